The molecule has 0 heterocycles. The normalized spacial score (nSPS) is 11.9. The average molecular weight is 265 g/mol. The van der Waals surface area contributed by atoms with Crippen LogP contribution in [-0.2, 0) is 4.79 Å². The highest BCUT2D eigenvalue weighted by Crippen LogP contribution is 2.19. The first-order valence-corrected chi connectivity index (χ1v) is 6.29. The molecule has 0 bridgehead atoms. The van der Waals surface area contributed by atoms with Crippen LogP contribution in [0.25, 0.3) is 0 Å². The molecule has 1 atom stereocenters. The fraction of sp³-hybridized carbons (Fsp3) is 0.429. The average Bonchev–Trinajstić information content (AvgIpc) is 2.37. The van der Waals surface area contributed by atoms with Crippen molar-refractivity contribution in [1.82, 2.24) is 5.32 Å². The van der Waals surface area contributed by atoms with Crippen molar-refractivity contribution in [1.29, 1.82) is 0 Å². The van der Waals surface area contributed by atoms with Gasteiger partial charge in [-0.3, -0.25) is 4.79 Å². The second kappa shape index (κ2) is 6.78. The Labute approximate surface area is 112 Å². The Bertz CT molecular complexity index is 471. The number of phenolic OH excluding ortho intramolecular Hbond substituents is 1. The second-order valence-corrected chi connectivity index (χ2v) is 4.46. The molecule has 1 amide bonds. The lowest BCUT2D eigenvalue weighted by Crippen LogP contribution is -2.40. The molecule has 0 unspecified atom stereocenters. The third kappa shape index (κ3) is 3.98. The van der Waals surface area contributed by atoms with Crippen LogP contribution in [0, 0.1) is 6.92 Å². The molecule has 0 fully saturated rings. The lowest BCUT2D eigenvalue weighted by atomic mass is 10.1. The molecule has 19 heavy (non-hydrogen) atoms. The number of benzene rings is 1. The standard InChI is InChI=1S/C14H19NO4/c1-3-4-7-11(14(18)19)15-13(17)10-6-5-8-12(16)9(10)2/h5-6,8,11,16H,3-4,7H2,1-2H3,(H,15,17)(H,18,19)/t11-/m0/s1. The van der Waals surface area contributed by atoms with E-state index in [4.69, 9.17) is 5.11 Å². The Morgan fingerprint density at radius 2 is 2.05 bits per heavy atom. The van der Waals surface area contributed by atoms with Crippen LogP contribution in [0.15, 0.2) is 18.2 Å². The molecule has 5 nitrogen and oxygen atoms in total. The number of carbonyl (C=O) groups excluding carboxylic acids is 1. The highest BCUT2D eigenvalue weighted by molar-refractivity contribution is 5.98. The van der Waals surface area contributed by atoms with E-state index < -0.39 is 17.9 Å². The van der Waals surface area contributed by atoms with Gasteiger partial charge >= 0.3 is 5.97 Å². The molecule has 1 aromatic rings. The molecule has 0 aliphatic rings. The van der Waals surface area contributed by atoms with Crippen molar-refractivity contribution in [2.75, 3.05) is 0 Å². The van der Waals surface area contributed by atoms with Crippen molar-refractivity contribution in [2.45, 2.75) is 39.2 Å². The molecule has 104 valence electrons. The Morgan fingerprint density at radius 1 is 1.37 bits per heavy atom. The van der Waals surface area contributed by atoms with Gasteiger partial charge in [0.25, 0.3) is 5.91 Å². The van der Waals surface area contributed by atoms with Gasteiger partial charge in [0.05, 0.1) is 0 Å². The zero-order valence-corrected chi connectivity index (χ0v) is 11.1. The van der Waals surface area contributed by atoms with E-state index in [1.807, 2.05) is 6.92 Å². The highest BCUT2D eigenvalue weighted by Gasteiger charge is 2.21. The van der Waals surface area contributed by atoms with E-state index in [2.05, 4.69) is 5.32 Å². The number of rotatable bonds is 6. The number of aliphatic carboxylic acids is 1. The number of unbranched alkanes of at least 4 members (excludes halogenated alkanes) is 1. The van der Waals surface area contributed by atoms with Gasteiger partial charge in [-0.25, -0.2) is 4.79 Å². The molecule has 1 rings (SSSR count). The third-order valence-electron chi connectivity index (χ3n) is 3.00. The van der Waals surface area contributed by atoms with E-state index in [9.17, 15) is 14.7 Å². The van der Waals surface area contributed by atoms with Crippen molar-refractivity contribution in [2.24, 2.45) is 0 Å². The van der Waals surface area contributed by atoms with Crippen molar-refractivity contribution < 1.29 is 19.8 Å². The molecule has 0 aliphatic heterocycles. The minimum atomic E-state index is -1.04. The zero-order chi connectivity index (χ0) is 14.4. The Kier molecular flexibility index (Phi) is 5.36. The summed E-state index contributed by atoms with van der Waals surface area (Å²) in [4.78, 5) is 23.1. The van der Waals surface area contributed by atoms with Crippen LogP contribution in [0.2, 0.25) is 0 Å². The molecule has 0 aliphatic carbocycles. The van der Waals surface area contributed by atoms with Gasteiger partial charge in [-0.2, -0.15) is 0 Å². The number of hydrogen-bond acceptors (Lipinski definition) is 3. The van der Waals surface area contributed by atoms with Gasteiger partial charge < -0.3 is 15.5 Å². The first kappa shape index (κ1) is 15.0. The Balaban J connectivity index is 2.82. The van der Waals surface area contributed by atoms with Gasteiger partial charge in [-0.15, -0.1) is 0 Å². The maximum Gasteiger partial charge on any atom is 0.326 e. The second-order valence-electron chi connectivity index (χ2n) is 4.46. The van der Waals surface area contributed by atoms with E-state index >= 15 is 0 Å². The lowest BCUT2D eigenvalue weighted by Gasteiger charge is -2.15. The molecular weight excluding hydrogens is 246 g/mol. The van der Waals surface area contributed by atoms with Gasteiger partial charge in [0, 0.05) is 11.1 Å². The van der Waals surface area contributed by atoms with E-state index in [-0.39, 0.29) is 5.75 Å². The van der Waals surface area contributed by atoms with Crippen LogP contribution < -0.4 is 5.32 Å². The van der Waals surface area contributed by atoms with Crippen LogP contribution in [0.5, 0.6) is 5.75 Å². The molecule has 0 radical (unpaired) electrons. The summed E-state index contributed by atoms with van der Waals surface area (Å²) in [6, 6.07) is 3.70. The van der Waals surface area contributed by atoms with Crippen LogP contribution >= 0.6 is 0 Å². The van der Waals surface area contributed by atoms with Crippen molar-refractivity contribution in [3.05, 3.63) is 29.3 Å². The lowest BCUT2D eigenvalue weighted by molar-refractivity contribution is -0.139. The summed E-state index contributed by atoms with van der Waals surface area (Å²) in [5.41, 5.74) is 0.738. The van der Waals surface area contributed by atoms with E-state index in [0.29, 0.717) is 17.5 Å². The summed E-state index contributed by atoms with van der Waals surface area (Å²) in [6.45, 7) is 3.58. The summed E-state index contributed by atoms with van der Waals surface area (Å²) in [7, 11) is 0. The van der Waals surface area contributed by atoms with Gasteiger partial charge in [-0.1, -0.05) is 25.8 Å². The molecule has 0 saturated carbocycles. The smallest absolute Gasteiger partial charge is 0.326 e. The summed E-state index contributed by atoms with van der Waals surface area (Å²) in [5, 5.41) is 21.1. The largest absolute Gasteiger partial charge is 0.508 e. The van der Waals surface area contributed by atoms with Gasteiger partial charge in [0.1, 0.15) is 11.8 Å². The summed E-state index contributed by atoms with van der Waals surface area (Å²) < 4.78 is 0. The fourth-order valence-electron chi connectivity index (χ4n) is 1.77. The predicted octanol–water partition coefficient (Wildman–Crippen LogP) is 2.07. The molecule has 0 aromatic heterocycles. The van der Waals surface area contributed by atoms with Crippen molar-refractivity contribution >= 4 is 11.9 Å². The Hall–Kier alpha value is -2.04. The maximum absolute atomic E-state index is 12.0. The molecule has 3 N–H and O–H groups in total. The van der Waals surface area contributed by atoms with E-state index in [0.717, 1.165) is 12.8 Å². The maximum atomic E-state index is 12.0. The van der Waals surface area contributed by atoms with E-state index in [1.54, 1.807) is 19.1 Å². The van der Waals surface area contributed by atoms with Gasteiger partial charge in [-0.05, 0) is 25.5 Å². The molecule has 0 spiro atoms. The number of carboxylic acids is 1. The molecule has 5 heteroatoms. The first-order valence-electron chi connectivity index (χ1n) is 6.29. The summed E-state index contributed by atoms with van der Waals surface area (Å²) in [5.74, 6) is -1.50. The number of carbonyl (C=O) groups is 2. The van der Waals surface area contributed by atoms with Gasteiger partial charge in [0.2, 0.25) is 0 Å². The van der Waals surface area contributed by atoms with Crippen LogP contribution in [-0.4, -0.2) is 28.1 Å². The number of aromatic hydroxyl groups is 1. The molecule has 1 aromatic carbocycles. The highest BCUT2D eigenvalue weighted by atomic mass is 16.4. The van der Waals surface area contributed by atoms with Gasteiger partial charge in [0.15, 0.2) is 0 Å². The summed E-state index contributed by atoms with van der Waals surface area (Å²) >= 11 is 0. The third-order valence-corrected chi connectivity index (χ3v) is 3.00. The number of nitrogens with one attached hydrogen (secondary N) is 1. The van der Waals surface area contributed by atoms with Crippen LogP contribution in [0.1, 0.15) is 42.1 Å². The number of carboxylic acid groups (broad SMARTS) is 1. The number of phenols is 1. The molecular formula is C14H19NO4. The van der Waals surface area contributed by atoms with E-state index in [1.165, 1.54) is 6.07 Å². The van der Waals surface area contributed by atoms with Crippen molar-refractivity contribution in [3.63, 3.8) is 0 Å². The minimum absolute atomic E-state index is 0.0214. The number of amides is 1. The SMILES string of the molecule is CCCC[C@H](NC(=O)c1cccc(O)c1C)C(=O)O. The van der Waals surface area contributed by atoms with Crippen LogP contribution in [0.4, 0.5) is 0 Å². The number of hydrogen-bond donors (Lipinski definition) is 3. The first-order chi connectivity index (χ1) is 8.97. The van der Waals surface area contributed by atoms with Crippen molar-refractivity contribution in [3.8, 4) is 5.75 Å². The molecule has 0 saturated heterocycles. The predicted molar refractivity (Wildman–Crippen MR) is 71.3 cm³/mol. The fourth-order valence-corrected chi connectivity index (χ4v) is 1.77. The Morgan fingerprint density at radius 3 is 2.63 bits per heavy atom. The quantitative estimate of drug-likeness (QED) is 0.735. The minimum Gasteiger partial charge on any atom is -0.508 e. The zero-order valence-electron chi connectivity index (χ0n) is 11.1. The topological polar surface area (TPSA) is 86.6 Å². The summed E-state index contributed by atoms with van der Waals surface area (Å²) in [6.07, 6.45) is 2.00. The monoisotopic (exact) mass is 265 g/mol. The van der Waals surface area contributed by atoms with Crippen LogP contribution in [0.3, 0.4) is 0 Å².